The lowest BCUT2D eigenvalue weighted by molar-refractivity contribution is 0.352. The third-order valence-corrected chi connectivity index (χ3v) is 1.89. The van der Waals surface area contributed by atoms with Gasteiger partial charge in [0, 0.05) is 6.04 Å². The highest BCUT2D eigenvalue weighted by Crippen LogP contribution is 2.16. The van der Waals surface area contributed by atoms with Crippen LogP contribution in [0.25, 0.3) is 0 Å². The third-order valence-electron chi connectivity index (χ3n) is 1.89. The van der Waals surface area contributed by atoms with Crippen molar-refractivity contribution in [3.63, 3.8) is 0 Å². The van der Waals surface area contributed by atoms with Crippen LogP contribution in [0.3, 0.4) is 0 Å². The average Bonchev–Trinajstić information content (AvgIpc) is 2.15. The van der Waals surface area contributed by atoms with Crippen LogP contribution in [0.1, 0.15) is 25.5 Å². The minimum absolute atomic E-state index is 0.0743. The topological polar surface area (TPSA) is 35.2 Å². The minimum Gasteiger partial charge on any atom is -0.489 e. The molecule has 0 saturated heterocycles. The van der Waals surface area contributed by atoms with Gasteiger partial charge in [-0.3, -0.25) is 0 Å². The molecule has 0 radical (unpaired) electrons. The number of nitrogens with two attached hydrogens (primary N) is 1. The molecule has 2 nitrogen and oxygen atoms in total. The predicted octanol–water partition coefficient (Wildman–Crippen LogP) is 2.66. The summed E-state index contributed by atoms with van der Waals surface area (Å²) in [6, 6.07) is 7.91. The molecule has 0 fully saturated rings. The van der Waals surface area contributed by atoms with Crippen molar-refractivity contribution in [2.24, 2.45) is 5.73 Å². The zero-order chi connectivity index (χ0) is 10.6. The van der Waals surface area contributed by atoms with Gasteiger partial charge in [0.25, 0.3) is 0 Å². The molecule has 76 valence electrons. The second kappa shape index (κ2) is 4.82. The van der Waals surface area contributed by atoms with E-state index in [9.17, 15) is 0 Å². The van der Waals surface area contributed by atoms with E-state index in [1.165, 1.54) is 0 Å². The third kappa shape index (κ3) is 3.23. The number of hydrogen-bond donors (Lipinski definition) is 1. The molecule has 1 aromatic carbocycles. The highest BCUT2D eigenvalue weighted by Gasteiger charge is 1.99. The molecule has 14 heavy (non-hydrogen) atoms. The van der Waals surface area contributed by atoms with Crippen molar-refractivity contribution < 1.29 is 4.74 Å². The zero-order valence-electron chi connectivity index (χ0n) is 8.79. The summed E-state index contributed by atoms with van der Waals surface area (Å²) >= 11 is 0. The Kier molecular flexibility index (Phi) is 3.72. The highest BCUT2D eigenvalue weighted by molar-refractivity contribution is 5.28. The summed E-state index contributed by atoms with van der Waals surface area (Å²) in [6.07, 6.45) is 0. The Morgan fingerprint density at radius 3 is 2.43 bits per heavy atom. The van der Waals surface area contributed by atoms with E-state index in [2.05, 4.69) is 6.58 Å². The lowest BCUT2D eigenvalue weighted by Gasteiger charge is -2.08. The lowest BCUT2D eigenvalue weighted by Crippen LogP contribution is -2.04. The van der Waals surface area contributed by atoms with Gasteiger partial charge in [-0.2, -0.15) is 0 Å². The number of benzene rings is 1. The Balaban J connectivity index is 2.59. The minimum atomic E-state index is 0.0743. The SMILES string of the molecule is C=C(C)COc1ccc(C(C)N)cc1. The van der Waals surface area contributed by atoms with E-state index in [4.69, 9.17) is 10.5 Å². The Hall–Kier alpha value is -1.28. The molecule has 1 aromatic rings. The van der Waals surface area contributed by atoms with Gasteiger partial charge >= 0.3 is 0 Å². The van der Waals surface area contributed by atoms with Crippen LogP contribution < -0.4 is 10.5 Å². The van der Waals surface area contributed by atoms with E-state index in [0.29, 0.717) is 6.61 Å². The molecule has 0 bridgehead atoms. The Bertz CT molecular complexity index is 301. The van der Waals surface area contributed by atoms with Gasteiger partial charge in [-0.05, 0) is 37.1 Å². The molecule has 0 aromatic heterocycles. The fourth-order valence-corrected chi connectivity index (χ4v) is 1.07. The first-order chi connectivity index (χ1) is 6.59. The first-order valence-electron chi connectivity index (χ1n) is 4.72. The van der Waals surface area contributed by atoms with Crippen molar-refractivity contribution in [1.82, 2.24) is 0 Å². The molecule has 0 spiro atoms. The highest BCUT2D eigenvalue weighted by atomic mass is 16.5. The van der Waals surface area contributed by atoms with Crippen LogP contribution in [-0.2, 0) is 0 Å². The van der Waals surface area contributed by atoms with Gasteiger partial charge in [0.05, 0.1) is 0 Å². The molecule has 1 unspecified atom stereocenters. The van der Waals surface area contributed by atoms with Gasteiger partial charge < -0.3 is 10.5 Å². The number of rotatable bonds is 4. The van der Waals surface area contributed by atoms with E-state index >= 15 is 0 Å². The molecule has 0 saturated carbocycles. The summed E-state index contributed by atoms with van der Waals surface area (Å²) in [5, 5.41) is 0. The molecular formula is C12H17NO. The lowest BCUT2D eigenvalue weighted by atomic mass is 10.1. The number of ether oxygens (including phenoxy) is 1. The van der Waals surface area contributed by atoms with Crippen molar-refractivity contribution in [2.75, 3.05) is 6.61 Å². The summed E-state index contributed by atoms with van der Waals surface area (Å²) in [7, 11) is 0. The summed E-state index contributed by atoms with van der Waals surface area (Å²) in [6.45, 7) is 8.24. The molecule has 2 N–H and O–H groups in total. The van der Waals surface area contributed by atoms with Gasteiger partial charge in [0.15, 0.2) is 0 Å². The van der Waals surface area contributed by atoms with E-state index in [1.807, 2.05) is 38.1 Å². The maximum absolute atomic E-state index is 5.73. The smallest absolute Gasteiger partial charge is 0.119 e. The first kappa shape index (κ1) is 10.8. The van der Waals surface area contributed by atoms with E-state index < -0.39 is 0 Å². The molecule has 1 atom stereocenters. The van der Waals surface area contributed by atoms with E-state index in [-0.39, 0.29) is 6.04 Å². The Morgan fingerprint density at radius 1 is 1.43 bits per heavy atom. The van der Waals surface area contributed by atoms with E-state index in [0.717, 1.165) is 16.9 Å². The standard InChI is InChI=1S/C12H17NO/c1-9(2)8-14-12-6-4-11(5-7-12)10(3)13/h4-7,10H,1,8,13H2,2-3H3. The fraction of sp³-hybridized carbons (Fsp3) is 0.333. The second-order valence-corrected chi connectivity index (χ2v) is 3.60. The number of hydrogen-bond acceptors (Lipinski definition) is 2. The fourth-order valence-electron chi connectivity index (χ4n) is 1.07. The van der Waals surface area contributed by atoms with Crippen LogP contribution in [-0.4, -0.2) is 6.61 Å². The van der Waals surface area contributed by atoms with Gasteiger partial charge in [-0.1, -0.05) is 18.7 Å². The molecular weight excluding hydrogens is 174 g/mol. The van der Waals surface area contributed by atoms with Gasteiger partial charge in [-0.15, -0.1) is 0 Å². The Morgan fingerprint density at radius 2 is 2.00 bits per heavy atom. The molecule has 0 aliphatic carbocycles. The monoisotopic (exact) mass is 191 g/mol. The second-order valence-electron chi connectivity index (χ2n) is 3.60. The van der Waals surface area contributed by atoms with Crippen LogP contribution >= 0.6 is 0 Å². The molecule has 0 amide bonds. The largest absolute Gasteiger partial charge is 0.489 e. The zero-order valence-corrected chi connectivity index (χ0v) is 8.79. The van der Waals surface area contributed by atoms with Crippen LogP contribution in [0, 0.1) is 0 Å². The summed E-state index contributed by atoms with van der Waals surface area (Å²) in [5.41, 5.74) is 7.86. The van der Waals surface area contributed by atoms with Gasteiger partial charge in [-0.25, -0.2) is 0 Å². The van der Waals surface area contributed by atoms with Crippen molar-refractivity contribution in [3.8, 4) is 5.75 Å². The van der Waals surface area contributed by atoms with Crippen LogP contribution in [0.5, 0.6) is 5.75 Å². The molecule has 1 rings (SSSR count). The molecule has 0 aliphatic rings. The van der Waals surface area contributed by atoms with Crippen molar-refractivity contribution in [3.05, 3.63) is 42.0 Å². The van der Waals surface area contributed by atoms with Gasteiger partial charge in [0.2, 0.25) is 0 Å². The van der Waals surface area contributed by atoms with Crippen LogP contribution in [0.2, 0.25) is 0 Å². The van der Waals surface area contributed by atoms with Crippen molar-refractivity contribution in [1.29, 1.82) is 0 Å². The Labute approximate surface area is 85.4 Å². The molecule has 2 heteroatoms. The summed E-state index contributed by atoms with van der Waals surface area (Å²) in [5.74, 6) is 0.859. The van der Waals surface area contributed by atoms with Crippen molar-refractivity contribution >= 4 is 0 Å². The molecule has 0 heterocycles. The van der Waals surface area contributed by atoms with Crippen LogP contribution in [0.15, 0.2) is 36.4 Å². The van der Waals surface area contributed by atoms with Crippen molar-refractivity contribution in [2.45, 2.75) is 19.9 Å². The summed E-state index contributed by atoms with van der Waals surface area (Å²) < 4.78 is 5.46. The average molecular weight is 191 g/mol. The maximum atomic E-state index is 5.73. The quantitative estimate of drug-likeness (QED) is 0.742. The predicted molar refractivity (Wildman–Crippen MR) is 59.4 cm³/mol. The maximum Gasteiger partial charge on any atom is 0.119 e. The normalized spacial score (nSPS) is 12.2. The molecule has 0 aliphatic heterocycles. The van der Waals surface area contributed by atoms with Crippen LogP contribution in [0.4, 0.5) is 0 Å². The van der Waals surface area contributed by atoms with E-state index in [1.54, 1.807) is 0 Å². The first-order valence-corrected chi connectivity index (χ1v) is 4.72. The summed E-state index contributed by atoms with van der Waals surface area (Å²) in [4.78, 5) is 0. The van der Waals surface area contributed by atoms with Gasteiger partial charge in [0.1, 0.15) is 12.4 Å².